The van der Waals surface area contributed by atoms with Gasteiger partial charge >= 0.3 is 0 Å². The molecule has 3 aromatic rings. The first-order valence-electron chi connectivity index (χ1n) is 6.88. The molecule has 0 saturated carbocycles. The largest absolute Gasteiger partial charge is 0.495 e. The minimum atomic E-state index is 0.768. The number of nitrogens with one attached hydrogen (secondary N) is 1. The molecular formula is C16H17N3OS. The van der Waals surface area contributed by atoms with Crippen LogP contribution in [-0.4, -0.2) is 17.1 Å². The van der Waals surface area contributed by atoms with Crippen LogP contribution in [-0.2, 0) is 6.42 Å². The van der Waals surface area contributed by atoms with E-state index in [1.54, 1.807) is 18.4 Å². The van der Waals surface area contributed by atoms with Crippen molar-refractivity contribution in [3.05, 3.63) is 41.0 Å². The summed E-state index contributed by atoms with van der Waals surface area (Å²) in [5, 5.41) is 4.44. The number of para-hydroxylation sites is 2. The number of ether oxygens (including phenoxy) is 1. The van der Waals surface area contributed by atoms with Crippen molar-refractivity contribution in [2.45, 2.75) is 20.3 Å². The van der Waals surface area contributed by atoms with Crippen molar-refractivity contribution in [1.82, 2.24) is 9.97 Å². The molecule has 0 aliphatic carbocycles. The van der Waals surface area contributed by atoms with Gasteiger partial charge < -0.3 is 10.1 Å². The van der Waals surface area contributed by atoms with Crippen LogP contribution in [0, 0.1) is 6.92 Å². The van der Waals surface area contributed by atoms with E-state index in [4.69, 9.17) is 4.74 Å². The number of benzene rings is 1. The average Bonchev–Trinajstić information content (AvgIpc) is 2.91. The molecule has 0 atom stereocenters. The highest BCUT2D eigenvalue weighted by Crippen LogP contribution is 2.33. The van der Waals surface area contributed by atoms with Gasteiger partial charge in [-0.2, -0.15) is 0 Å². The lowest BCUT2D eigenvalue weighted by Gasteiger charge is -2.11. The third-order valence-electron chi connectivity index (χ3n) is 3.26. The second-order valence-electron chi connectivity index (χ2n) is 4.73. The lowest BCUT2D eigenvalue weighted by Crippen LogP contribution is -1.99. The molecule has 3 rings (SSSR count). The van der Waals surface area contributed by atoms with Gasteiger partial charge in [0.15, 0.2) is 0 Å². The Labute approximate surface area is 127 Å². The molecule has 0 unspecified atom stereocenters. The van der Waals surface area contributed by atoms with Crippen LogP contribution >= 0.6 is 11.3 Å². The number of thiophene rings is 1. The smallest absolute Gasteiger partial charge is 0.143 e. The van der Waals surface area contributed by atoms with E-state index in [1.807, 2.05) is 31.2 Å². The molecule has 0 fully saturated rings. The van der Waals surface area contributed by atoms with E-state index in [0.717, 1.165) is 39.7 Å². The van der Waals surface area contributed by atoms with Crippen molar-refractivity contribution < 1.29 is 4.74 Å². The van der Waals surface area contributed by atoms with Gasteiger partial charge in [0.2, 0.25) is 0 Å². The SMILES string of the molecule is CCc1cc2c(Nc3ccccc3OC)nc(C)nc2s1. The average molecular weight is 299 g/mol. The zero-order valence-electron chi connectivity index (χ0n) is 12.3. The van der Waals surface area contributed by atoms with Crippen LogP contribution in [0.4, 0.5) is 11.5 Å². The first-order valence-corrected chi connectivity index (χ1v) is 7.70. The Balaban J connectivity index is 2.09. The number of methoxy groups -OCH3 is 1. The highest BCUT2D eigenvalue weighted by atomic mass is 32.1. The van der Waals surface area contributed by atoms with E-state index in [1.165, 1.54) is 4.88 Å². The number of aromatic nitrogens is 2. The highest BCUT2D eigenvalue weighted by Gasteiger charge is 2.11. The summed E-state index contributed by atoms with van der Waals surface area (Å²) in [4.78, 5) is 11.4. The van der Waals surface area contributed by atoms with Gasteiger partial charge in [-0.3, -0.25) is 0 Å². The monoisotopic (exact) mass is 299 g/mol. The number of fused-ring (bicyclic) bond motifs is 1. The Kier molecular flexibility index (Phi) is 3.75. The van der Waals surface area contributed by atoms with Gasteiger partial charge in [-0.25, -0.2) is 9.97 Å². The van der Waals surface area contributed by atoms with Crippen molar-refractivity contribution in [1.29, 1.82) is 0 Å². The lowest BCUT2D eigenvalue weighted by atomic mass is 10.2. The minimum absolute atomic E-state index is 0.768. The first kappa shape index (κ1) is 13.8. The van der Waals surface area contributed by atoms with Crippen LogP contribution in [0.3, 0.4) is 0 Å². The molecule has 0 saturated heterocycles. The number of hydrogen-bond donors (Lipinski definition) is 1. The summed E-state index contributed by atoms with van der Waals surface area (Å²) < 4.78 is 5.38. The summed E-state index contributed by atoms with van der Waals surface area (Å²) in [7, 11) is 1.67. The fourth-order valence-corrected chi connectivity index (χ4v) is 3.24. The second kappa shape index (κ2) is 5.69. The molecule has 2 aromatic heterocycles. The standard InChI is InChI=1S/C16H17N3OS/c1-4-11-9-12-15(17-10(2)18-16(12)21-11)19-13-7-5-6-8-14(13)20-3/h5-9H,4H2,1-3H3,(H,17,18,19). The predicted octanol–water partition coefficient (Wildman–Crippen LogP) is 4.31. The van der Waals surface area contributed by atoms with Crippen LogP contribution < -0.4 is 10.1 Å². The quantitative estimate of drug-likeness (QED) is 0.779. The summed E-state index contributed by atoms with van der Waals surface area (Å²) in [6, 6.07) is 10.00. The van der Waals surface area contributed by atoms with E-state index < -0.39 is 0 Å². The zero-order chi connectivity index (χ0) is 14.8. The van der Waals surface area contributed by atoms with Crippen LogP contribution in [0.15, 0.2) is 30.3 Å². The maximum absolute atomic E-state index is 5.38. The number of nitrogens with zero attached hydrogens (tertiary/aromatic N) is 2. The summed E-state index contributed by atoms with van der Waals surface area (Å²) in [5.41, 5.74) is 0.906. The van der Waals surface area contributed by atoms with Gasteiger partial charge in [0.25, 0.3) is 0 Å². The number of aryl methyl sites for hydroxylation is 2. The molecule has 1 aromatic carbocycles. The zero-order valence-corrected chi connectivity index (χ0v) is 13.1. The summed E-state index contributed by atoms with van der Waals surface area (Å²) in [5.74, 6) is 2.40. The molecular weight excluding hydrogens is 282 g/mol. The summed E-state index contributed by atoms with van der Waals surface area (Å²) in [6.07, 6.45) is 1.01. The van der Waals surface area contributed by atoms with E-state index in [2.05, 4.69) is 28.3 Å². The fourth-order valence-electron chi connectivity index (χ4n) is 2.22. The topological polar surface area (TPSA) is 47.0 Å². The first-order chi connectivity index (χ1) is 10.2. The van der Waals surface area contributed by atoms with Crippen molar-refractivity contribution in [3.63, 3.8) is 0 Å². The fraction of sp³-hybridized carbons (Fsp3) is 0.250. The van der Waals surface area contributed by atoms with Gasteiger partial charge in [-0.05, 0) is 31.5 Å². The Morgan fingerprint density at radius 3 is 2.81 bits per heavy atom. The highest BCUT2D eigenvalue weighted by molar-refractivity contribution is 7.18. The second-order valence-corrected chi connectivity index (χ2v) is 5.85. The van der Waals surface area contributed by atoms with E-state index in [0.29, 0.717) is 0 Å². The van der Waals surface area contributed by atoms with Crippen LogP contribution in [0.1, 0.15) is 17.6 Å². The molecule has 5 heteroatoms. The molecule has 0 spiro atoms. The van der Waals surface area contributed by atoms with Crippen LogP contribution in [0.25, 0.3) is 10.2 Å². The van der Waals surface area contributed by atoms with Gasteiger partial charge in [0, 0.05) is 4.88 Å². The maximum Gasteiger partial charge on any atom is 0.143 e. The third kappa shape index (κ3) is 2.69. The molecule has 4 nitrogen and oxygen atoms in total. The van der Waals surface area contributed by atoms with Crippen molar-refractivity contribution >= 4 is 33.1 Å². The Morgan fingerprint density at radius 1 is 1.24 bits per heavy atom. The van der Waals surface area contributed by atoms with Gasteiger partial charge in [-0.1, -0.05) is 19.1 Å². The van der Waals surface area contributed by atoms with Gasteiger partial charge in [-0.15, -0.1) is 11.3 Å². The number of hydrogen-bond acceptors (Lipinski definition) is 5. The molecule has 108 valence electrons. The summed E-state index contributed by atoms with van der Waals surface area (Å²) in [6.45, 7) is 4.07. The maximum atomic E-state index is 5.38. The Hall–Kier alpha value is -2.14. The molecule has 0 radical (unpaired) electrons. The van der Waals surface area contributed by atoms with Crippen molar-refractivity contribution in [2.75, 3.05) is 12.4 Å². The molecule has 21 heavy (non-hydrogen) atoms. The molecule has 0 amide bonds. The van der Waals surface area contributed by atoms with Crippen molar-refractivity contribution in [3.8, 4) is 5.75 Å². The molecule has 1 N–H and O–H groups in total. The van der Waals surface area contributed by atoms with E-state index >= 15 is 0 Å². The van der Waals surface area contributed by atoms with Gasteiger partial charge in [0.1, 0.15) is 22.2 Å². The minimum Gasteiger partial charge on any atom is -0.495 e. The van der Waals surface area contributed by atoms with E-state index in [9.17, 15) is 0 Å². The molecule has 0 aliphatic rings. The normalized spacial score (nSPS) is 10.8. The third-order valence-corrected chi connectivity index (χ3v) is 4.44. The number of anilines is 2. The van der Waals surface area contributed by atoms with Crippen LogP contribution in [0.2, 0.25) is 0 Å². The van der Waals surface area contributed by atoms with Crippen LogP contribution in [0.5, 0.6) is 5.75 Å². The molecule has 0 aliphatic heterocycles. The summed E-state index contributed by atoms with van der Waals surface area (Å²) >= 11 is 1.72. The van der Waals surface area contributed by atoms with Gasteiger partial charge in [0.05, 0.1) is 18.2 Å². The molecule has 2 heterocycles. The van der Waals surface area contributed by atoms with Crippen molar-refractivity contribution in [2.24, 2.45) is 0 Å². The Bertz CT molecular complexity index is 782. The molecule has 0 bridgehead atoms. The number of rotatable bonds is 4. The predicted molar refractivity (Wildman–Crippen MR) is 87.8 cm³/mol. The lowest BCUT2D eigenvalue weighted by molar-refractivity contribution is 0.417. The Morgan fingerprint density at radius 2 is 2.05 bits per heavy atom. The van der Waals surface area contributed by atoms with E-state index in [-0.39, 0.29) is 0 Å².